The van der Waals surface area contributed by atoms with Crippen LogP contribution in [0, 0.1) is 5.82 Å². The van der Waals surface area contributed by atoms with E-state index >= 15 is 0 Å². The van der Waals surface area contributed by atoms with Crippen LogP contribution in [0.25, 0.3) is 0 Å². The van der Waals surface area contributed by atoms with Crippen molar-refractivity contribution in [2.24, 2.45) is 0 Å². The van der Waals surface area contributed by atoms with Gasteiger partial charge in [0, 0.05) is 11.8 Å². The molecule has 1 amide bonds. The average Bonchev–Trinajstić information content (AvgIpc) is 2.70. The third kappa shape index (κ3) is 2.86. The van der Waals surface area contributed by atoms with E-state index in [0.29, 0.717) is 24.3 Å². The molecule has 0 saturated carbocycles. The Morgan fingerprint density at radius 2 is 2.23 bits per heavy atom. The van der Waals surface area contributed by atoms with Crippen LogP contribution in [0.3, 0.4) is 0 Å². The molecule has 1 aromatic heterocycles. The van der Waals surface area contributed by atoms with Crippen molar-refractivity contribution in [2.75, 3.05) is 6.61 Å². The van der Waals surface area contributed by atoms with Gasteiger partial charge in [0.15, 0.2) is 0 Å². The molecule has 0 saturated heterocycles. The molecule has 2 aromatic rings. The zero-order valence-corrected chi connectivity index (χ0v) is 11.8. The van der Waals surface area contributed by atoms with E-state index in [0.717, 1.165) is 6.42 Å². The number of halogens is 1. The molecule has 0 aliphatic carbocycles. The minimum atomic E-state index is -0.482. The molecule has 0 spiro atoms. The van der Waals surface area contributed by atoms with Crippen molar-refractivity contribution in [3.63, 3.8) is 0 Å². The van der Waals surface area contributed by atoms with E-state index in [1.54, 1.807) is 12.1 Å². The van der Waals surface area contributed by atoms with E-state index in [1.807, 2.05) is 0 Å². The molecule has 1 aromatic carbocycles. The van der Waals surface area contributed by atoms with Crippen LogP contribution in [0.4, 0.5) is 4.39 Å². The maximum absolute atomic E-state index is 13.5. The molecule has 3 rings (SSSR count). The van der Waals surface area contributed by atoms with Gasteiger partial charge in [0.1, 0.15) is 17.1 Å². The molecule has 114 valence electrons. The molecular weight excluding hydrogens is 287 g/mol. The molecule has 0 fully saturated rings. The highest BCUT2D eigenvalue weighted by molar-refractivity contribution is 5.94. The summed E-state index contributed by atoms with van der Waals surface area (Å²) >= 11 is 0. The lowest BCUT2D eigenvalue weighted by molar-refractivity contribution is 0.0933. The van der Waals surface area contributed by atoms with Gasteiger partial charge in [-0.3, -0.25) is 9.59 Å². The number of carbonyl (C=O) groups is 1. The fourth-order valence-electron chi connectivity index (χ4n) is 2.53. The van der Waals surface area contributed by atoms with Crippen molar-refractivity contribution >= 4 is 5.91 Å². The van der Waals surface area contributed by atoms with E-state index in [4.69, 9.17) is 4.74 Å². The Morgan fingerprint density at radius 1 is 1.36 bits per heavy atom. The summed E-state index contributed by atoms with van der Waals surface area (Å²) in [7, 11) is 0. The molecular formula is C16H15FN2O3. The van der Waals surface area contributed by atoms with Crippen LogP contribution in [-0.4, -0.2) is 17.5 Å². The first kappa shape index (κ1) is 14.3. The second-order valence-electron chi connectivity index (χ2n) is 5.11. The number of hydrogen-bond donors (Lipinski definition) is 2. The van der Waals surface area contributed by atoms with E-state index in [9.17, 15) is 14.0 Å². The monoisotopic (exact) mass is 302 g/mol. The van der Waals surface area contributed by atoms with Gasteiger partial charge < -0.3 is 15.0 Å². The number of hydrogen-bond acceptors (Lipinski definition) is 3. The number of nitrogens with one attached hydrogen (secondary N) is 2. The summed E-state index contributed by atoms with van der Waals surface area (Å²) in [5, 5.41) is 2.79. The quantitative estimate of drug-likeness (QED) is 0.893. The highest BCUT2D eigenvalue weighted by Gasteiger charge is 2.23. The summed E-state index contributed by atoms with van der Waals surface area (Å²) in [6, 6.07) is 6.89. The number of H-pyrrole nitrogens is 1. The van der Waals surface area contributed by atoms with Gasteiger partial charge in [-0.15, -0.1) is 0 Å². The summed E-state index contributed by atoms with van der Waals surface area (Å²) in [6.07, 6.45) is 2.81. The Hall–Kier alpha value is -2.63. The molecule has 1 atom stereocenters. The fourth-order valence-corrected chi connectivity index (χ4v) is 2.53. The first-order valence-corrected chi connectivity index (χ1v) is 7.06. The number of aromatic nitrogens is 1. The van der Waals surface area contributed by atoms with Crippen molar-refractivity contribution < 1.29 is 13.9 Å². The van der Waals surface area contributed by atoms with Crippen LogP contribution >= 0.6 is 0 Å². The normalized spacial score (nSPS) is 17.0. The van der Waals surface area contributed by atoms with Crippen LogP contribution in [0.15, 0.2) is 41.3 Å². The van der Waals surface area contributed by atoms with Gasteiger partial charge in [0.2, 0.25) is 0 Å². The zero-order chi connectivity index (χ0) is 15.5. The molecule has 2 N–H and O–H groups in total. The molecule has 22 heavy (non-hydrogen) atoms. The molecule has 1 aliphatic rings. The van der Waals surface area contributed by atoms with Crippen molar-refractivity contribution in [3.8, 4) is 5.75 Å². The van der Waals surface area contributed by atoms with Crippen molar-refractivity contribution in [3.05, 3.63) is 63.8 Å². The largest absolute Gasteiger partial charge is 0.493 e. The summed E-state index contributed by atoms with van der Waals surface area (Å²) in [5.41, 5.74) is 0.174. The lowest BCUT2D eigenvalue weighted by Crippen LogP contribution is -2.32. The number of fused-ring (bicyclic) bond motifs is 1. The summed E-state index contributed by atoms with van der Waals surface area (Å²) in [4.78, 5) is 26.4. The van der Waals surface area contributed by atoms with Crippen LogP contribution in [0.1, 0.15) is 34.8 Å². The predicted octanol–water partition coefficient (Wildman–Crippen LogP) is 2.16. The standard InChI is InChI=1S/C16H15FN2O3/c17-10-5-6-14-12(9-10)13(4-2-8-22-14)19-16(21)11-3-1-7-18-15(11)20/h1,3,5-7,9,13H,2,4,8H2,(H,18,20)(H,19,21). The molecule has 2 heterocycles. The van der Waals surface area contributed by atoms with Crippen LogP contribution in [0.2, 0.25) is 0 Å². The maximum Gasteiger partial charge on any atom is 0.260 e. The van der Waals surface area contributed by atoms with Crippen LogP contribution in [-0.2, 0) is 0 Å². The topological polar surface area (TPSA) is 71.2 Å². The number of amides is 1. The molecule has 0 radical (unpaired) electrons. The van der Waals surface area contributed by atoms with E-state index in [1.165, 1.54) is 24.4 Å². The maximum atomic E-state index is 13.5. The Balaban J connectivity index is 1.89. The number of pyridine rings is 1. The van der Waals surface area contributed by atoms with Gasteiger partial charge >= 0.3 is 0 Å². The molecule has 1 unspecified atom stereocenters. The number of ether oxygens (including phenoxy) is 1. The second kappa shape index (κ2) is 6.01. The first-order chi connectivity index (χ1) is 10.6. The fraction of sp³-hybridized carbons (Fsp3) is 0.250. The van der Waals surface area contributed by atoms with E-state index in [-0.39, 0.29) is 17.4 Å². The highest BCUT2D eigenvalue weighted by atomic mass is 19.1. The molecule has 5 nitrogen and oxygen atoms in total. The molecule has 1 aliphatic heterocycles. The van der Waals surface area contributed by atoms with Gasteiger partial charge in [-0.2, -0.15) is 0 Å². The van der Waals surface area contributed by atoms with Crippen molar-refractivity contribution in [2.45, 2.75) is 18.9 Å². The highest BCUT2D eigenvalue weighted by Crippen LogP contribution is 2.32. The number of benzene rings is 1. The third-order valence-electron chi connectivity index (χ3n) is 3.61. The average molecular weight is 302 g/mol. The van der Waals surface area contributed by atoms with Crippen LogP contribution < -0.4 is 15.6 Å². The van der Waals surface area contributed by atoms with Crippen LogP contribution in [0.5, 0.6) is 5.75 Å². The van der Waals surface area contributed by atoms with Gasteiger partial charge in [-0.25, -0.2) is 4.39 Å². The zero-order valence-electron chi connectivity index (χ0n) is 11.8. The van der Waals surface area contributed by atoms with E-state index < -0.39 is 11.5 Å². The van der Waals surface area contributed by atoms with Gasteiger partial charge in [0.05, 0.1) is 12.6 Å². The minimum Gasteiger partial charge on any atom is -0.493 e. The second-order valence-corrected chi connectivity index (χ2v) is 5.11. The van der Waals surface area contributed by atoms with E-state index in [2.05, 4.69) is 10.3 Å². The number of rotatable bonds is 2. The summed E-state index contributed by atoms with van der Waals surface area (Å²) in [6.45, 7) is 0.511. The lowest BCUT2D eigenvalue weighted by atomic mass is 10.0. The van der Waals surface area contributed by atoms with Crippen molar-refractivity contribution in [1.29, 1.82) is 0 Å². The summed E-state index contributed by atoms with van der Waals surface area (Å²) in [5.74, 6) is -0.309. The lowest BCUT2D eigenvalue weighted by Gasteiger charge is -2.18. The minimum absolute atomic E-state index is 0.0330. The Bertz CT molecular complexity index is 757. The Kier molecular flexibility index (Phi) is 3.91. The van der Waals surface area contributed by atoms with Gasteiger partial charge in [-0.1, -0.05) is 0 Å². The summed E-state index contributed by atoms with van der Waals surface area (Å²) < 4.78 is 19.1. The number of carbonyl (C=O) groups excluding carboxylic acids is 1. The number of aromatic amines is 1. The first-order valence-electron chi connectivity index (χ1n) is 7.06. The van der Waals surface area contributed by atoms with Gasteiger partial charge in [-0.05, 0) is 43.2 Å². The SMILES string of the molecule is O=C(NC1CCCOc2ccc(F)cc21)c1ccc[nH]c1=O. The Morgan fingerprint density at radius 3 is 3.05 bits per heavy atom. The van der Waals surface area contributed by atoms with Crippen molar-refractivity contribution in [1.82, 2.24) is 10.3 Å². The van der Waals surface area contributed by atoms with Gasteiger partial charge in [0.25, 0.3) is 11.5 Å². The molecule has 6 heteroatoms. The predicted molar refractivity (Wildman–Crippen MR) is 78.4 cm³/mol. The smallest absolute Gasteiger partial charge is 0.260 e. The molecule has 0 bridgehead atoms. The third-order valence-corrected chi connectivity index (χ3v) is 3.61. The Labute approximate surface area is 126 Å².